The Morgan fingerprint density at radius 2 is 2.09 bits per heavy atom. The van der Waals surface area contributed by atoms with Gasteiger partial charge in [-0.3, -0.25) is 9.69 Å². The topological polar surface area (TPSA) is 55.6 Å². The lowest BCUT2D eigenvalue weighted by atomic mass is 10.1. The van der Waals surface area contributed by atoms with Gasteiger partial charge in [0.15, 0.2) is 0 Å². The van der Waals surface area contributed by atoms with Crippen LogP contribution in [0.5, 0.6) is 0 Å². The lowest BCUT2D eigenvalue weighted by Crippen LogP contribution is -2.51. The van der Waals surface area contributed by atoms with E-state index in [4.69, 9.17) is 22.1 Å². The summed E-state index contributed by atoms with van der Waals surface area (Å²) < 4.78 is 43.8. The molecule has 0 bridgehead atoms. The molecule has 1 amide bonds. The van der Waals surface area contributed by atoms with E-state index >= 15 is 0 Å². The molecular formula is C14H16ClF3N2O2. The van der Waals surface area contributed by atoms with Crippen LogP contribution in [0.25, 0.3) is 0 Å². The molecule has 0 unspecified atom stereocenters. The van der Waals surface area contributed by atoms with Crippen LogP contribution >= 0.6 is 11.6 Å². The molecule has 1 aliphatic rings. The molecule has 8 heteroatoms. The number of primary amides is 1. The number of morpholine rings is 1. The first kappa shape index (κ1) is 17.1. The minimum Gasteiger partial charge on any atom is -0.367 e. The zero-order valence-electron chi connectivity index (χ0n) is 11.9. The van der Waals surface area contributed by atoms with Crippen molar-refractivity contribution in [2.75, 3.05) is 13.1 Å². The number of ether oxygens (including phenoxy) is 1. The summed E-state index contributed by atoms with van der Waals surface area (Å²) in [6.45, 7) is 2.76. The van der Waals surface area contributed by atoms with E-state index in [9.17, 15) is 18.0 Å². The van der Waals surface area contributed by atoms with E-state index in [0.717, 1.165) is 12.1 Å². The van der Waals surface area contributed by atoms with Crippen molar-refractivity contribution in [2.45, 2.75) is 31.9 Å². The maximum Gasteiger partial charge on any atom is 0.416 e. The number of halogens is 4. The van der Waals surface area contributed by atoms with Gasteiger partial charge >= 0.3 is 6.18 Å². The molecule has 2 N–H and O–H groups in total. The zero-order chi connectivity index (χ0) is 16.5. The van der Waals surface area contributed by atoms with Gasteiger partial charge in [0.1, 0.15) is 6.10 Å². The molecule has 2 atom stereocenters. The van der Waals surface area contributed by atoms with Gasteiger partial charge in [0.2, 0.25) is 5.91 Å². The molecule has 0 radical (unpaired) electrons. The molecule has 22 heavy (non-hydrogen) atoms. The summed E-state index contributed by atoms with van der Waals surface area (Å²) in [5.74, 6) is -0.585. The van der Waals surface area contributed by atoms with Gasteiger partial charge in [-0.1, -0.05) is 11.6 Å². The highest BCUT2D eigenvalue weighted by Gasteiger charge is 2.32. The maximum atomic E-state index is 12.8. The molecule has 0 aliphatic carbocycles. The van der Waals surface area contributed by atoms with Crippen LogP contribution in [-0.4, -0.2) is 36.1 Å². The van der Waals surface area contributed by atoms with E-state index in [1.807, 2.05) is 4.90 Å². The van der Waals surface area contributed by atoms with Crippen LogP contribution in [0.3, 0.4) is 0 Å². The van der Waals surface area contributed by atoms with Crippen molar-refractivity contribution in [1.82, 2.24) is 4.90 Å². The fraction of sp³-hybridized carbons (Fsp3) is 0.500. The van der Waals surface area contributed by atoms with E-state index in [2.05, 4.69) is 0 Å². The molecule has 1 fully saturated rings. The predicted octanol–water partition coefficient (Wildman–Crippen LogP) is 2.43. The average Bonchev–Trinajstić information content (AvgIpc) is 2.36. The monoisotopic (exact) mass is 336 g/mol. The van der Waals surface area contributed by atoms with Crippen LogP contribution in [0.1, 0.15) is 18.1 Å². The minimum absolute atomic E-state index is 0.0255. The molecule has 1 saturated heterocycles. The molecule has 4 nitrogen and oxygen atoms in total. The molecule has 0 aromatic heterocycles. The van der Waals surface area contributed by atoms with Crippen LogP contribution < -0.4 is 5.73 Å². The Labute approximate surface area is 131 Å². The van der Waals surface area contributed by atoms with Crippen molar-refractivity contribution in [3.05, 3.63) is 34.3 Å². The number of amides is 1. The van der Waals surface area contributed by atoms with Gasteiger partial charge in [-0.2, -0.15) is 13.2 Å². The van der Waals surface area contributed by atoms with E-state index < -0.39 is 23.8 Å². The van der Waals surface area contributed by atoms with Crippen LogP contribution in [-0.2, 0) is 22.3 Å². The van der Waals surface area contributed by atoms with Crippen molar-refractivity contribution in [2.24, 2.45) is 5.73 Å². The minimum atomic E-state index is -4.45. The second kappa shape index (κ2) is 6.44. The van der Waals surface area contributed by atoms with Gasteiger partial charge in [0, 0.05) is 24.7 Å². The SMILES string of the molecule is C[C@@H]1CN(Cc2cc(Cl)cc(C(F)(F)F)c2)C[C@@H](C(N)=O)O1. The van der Waals surface area contributed by atoms with Crippen molar-refractivity contribution in [3.63, 3.8) is 0 Å². The fourth-order valence-corrected chi connectivity index (χ4v) is 2.75. The molecule has 1 heterocycles. The van der Waals surface area contributed by atoms with Crippen LogP contribution in [0.2, 0.25) is 5.02 Å². The summed E-state index contributed by atoms with van der Waals surface area (Å²) in [5.41, 5.74) is 4.87. The zero-order valence-corrected chi connectivity index (χ0v) is 12.6. The van der Waals surface area contributed by atoms with Gasteiger partial charge in [-0.05, 0) is 30.7 Å². The third-order valence-electron chi connectivity index (χ3n) is 3.34. The van der Waals surface area contributed by atoms with Crippen molar-refractivity contribution < 1.29 is 22.7 Å². The van der Waals surface area contributed by atoms with E-state index in [0.29, 0.717) is 12.1 Å². The Morgan fingerprint density at radius 3 is 2.68 bits per heavy atom. The van der Waals surface area contributed by atoms with E-state index in [1.165, 1.54) is 6.07 Å². The van der Waals surface area contributed by atoms with Crippen LogP contribution in [0, 0.1) is 0 Å². The largest absolute Gasteiger partial charge is 0.416 e. The summed E-state index contributed by atoms with van der Waals surface area (Å²) in [5, 5.41) is 0.0255. The third-order valence-corrected chi connectivity index (χ3v) is 3.56. The van der Waals surface area contributed by atoms with E-state index in [-0.39, 0.29) is 24.2 Å². The molecule has 1 aromatic rings. The van der Waals surface area contributed by atoms with Crippen LogP contribution in [0.4, 0.5) is 13.2 Å². The van der Waals surface area contributed by atoms with Crippen LogP contribution in [0.15, 0.2) is 18.2 Å². The van der Waals surface area contributed by atoms with E-state index in [1.54, 1.807) is 6.92 Å². The first-order chi connectivity index (χ1) is 10.1. The number of nitrogens with two attached hydrogens (primary N) is 1. The Balaban J connectivity index is 2.16. The Kier molecular flexibility index (Phi) is 4.99. The highest BCUT2D eigenvalue weighted by molar-refractivity contribution is 6.30. The first-order valence-electron chi connectivity index (χ1n) is 6.69. The Bertz CT molecular complexity index is 566. The predicted molar refractivity (Wildman–Crippen MR) is 75.3 cm³/mol. The lowest BCUT2D eigenvalue weighted by Gasteiger charge is -2.35. The second-order valence-electron chi connectivity index (χ2n) is 5.38. The lowest BCUT2D eigenvalue weighted by molar-refractivity contribution is -0.142. The number of alkyl halides is 3. The summed E-state index contributed by atoms with van der Waals surface area (Å²) in [6.07, 6.45) is -5.44. The first-order valence-corrected chi connectivity index (χ1v) is 7.06. The maximum absolute atomic E-state index is 12.8. The number of nitrogens with zero attached hydrogens (tertiary/aromatic N) is 1. The normalized spacial score (nSPS) is 23.5. The number of hydrogen-bond donors (Lipinski definition) is 1. The molecule has 2 rings (SSSR count). The molecule has 0 spiro atoms. The third kappa shape index (κ3) is 4.34. The quantitative estimate of drug-likeness (QED) is 0.922. The summed E-state index contributed by atoms with van der Waals surface area (Å²) in [6, 6.07) is 3.43. The Hall–Kier alpha value is -1.31. The highest BCUT2D eigenvalue weighted by Crippen LogP contribution is 2.32. The second-order valence-corrected chi connectivity index (χ2v) is 5.81. The van der Waals surface area contributed by atoms with Crippen molar-refractivity contribution in [1.29, 1.82) is 0 Å². The van der Waals surface area contributed by atoms with Crippen molar-refractivity contribution >= 4 is 17.5 Å². The number of benzene rings is 1. The van der Waals surface area contributed by atoms with Gasteiger partial charge in [-0.25, -0.2) is 0 Å². The van der Waals surface area contributed by atoms with Gasteiger partial charge in [-0.15, -0.1) is 0 Å². The van der Waals surface area contributed by atoms with Gasteiger partial charge in [0.25, 0.3) is 0 Å². The number of carbonyl (C=O) groups excluding carboxylic acids is 1. The average molecular weight is 337 g/mol. The molecule has 0 saturated carbocycles. The fourth-order valence-electron chi connectivity index (χ4n) is 2.49. The highest BCUT2D eigenvalue weighted by atomic mass is 35.5. The molecule has 1 aromatic carbocycles. The molecule has 122 valence electrons. The van der Waals surface area contributed by atoms with Gasteiger partial charge < -0.3 is 10.5 Å². The summed E-state index contributed by atoms with van der Waals surface area (Å²) in [7, 11) is 0. The Morgan fingerprint density at radius 1 is 1.41 bits per heavy atom. The van der Waals surface area contributed by atoms with Crippen molar-refractivity contribution in [3.8, 4) is 0 Å². The number of rotatable bonds is 3. The molecule has 1 aliphatic heterocycles. The number of hydrogen-bond acceptors (Lipinski definition) is 3. The van der Waals surface area contributed by atoms with Gasteiger partial charge in [0.05, 0.1) is 11.7 Å². The summed E-state index contributed by atoms with van der Waals surface area (Å²) in [4.78, 5) is 13.1. The molecular weight excluding hydrogens is 321 g/mol. The standard InChI is InChI=1S/C14H16ClF3N2O2/c1-8-5-20(7-12(22-8)13(19)21)6-9-2-10(14(16,17)18)4-11(15)3-9/h2-4,8,12H,5-7H2,1H3,(H2,19,21)/t8-,12+/m1/s1. The number of carbonyl (C=O) groups is 1. The summed E-state index contributed by atoms with van der Waals surface area (Å²) >= 11 is 5.76. The smallest absolute Gasteiger partial charge is 0.367 e.